The normalized spacial score (nSPS) is 31.4. The molecular formula is C21H30N2O2. The molecule has 4 nitrogen and oxygen atoms in total. The van der Waals surface area contributed by atoms with Crippen molar-refractivity contribution in [3.05, 3.63) is 35.4 Å². The van der Waals surface area contributed by atoms with Crippen molar-refractivity contribution in [3.63, 3.8) is 0 Å². The van der Waals surface area contributed by atoms with E-state index in [1.54, 1.807) is 0 Å². The zero-order valence-corrected chi connectivity index (χ0v) is 15.2. The first-order valence-corrected chi connectivity index (χ1v) is 9.85. The van der Waals surface area contributed by atoms with Gasteiger partial charge in [0.05, 0.1) is 6.54 Å². The number of rotatable bonds is 8. The lowest BCUT2D eigenvalue weighted by molar-refractivity contribution is -0.139. The van der Waals surface area contributed by atoms with E-state index in [1.807, 2.05) is 0 Å². The Morgan fingerprint density at radius 2 is 1.76 bits per heavy atom. The van der Waals surface area contributed by atoms with Gasteiger partial charge in [-0.3, -0.25) is 9.69 Å². The van der Waals surface area contributed by atoms with Gasteiger partial charge < -0.3 is 10.4 Å². The number of aryl methyl sites for hydroxylation is 1. The number of hydrogen-bond acceptors (Lipinski definition) is 3. The zero-order valence-electron chi connectivity index (χ0n) is 15.2. The summed E-state index contributed by atoms with van der Waals surface area (Å²) in [5.74, 6) is 0.789. The van der Waals surface area contributed by atoms with Gasteiger partial charge in [-0.15, -0.1) is 0 Å². The minimum absolute atomic E-state index is 0.215. The average Bonchev–Trinajstić information content (AvgIpc) is 3.28. The first-order valence-electron chi connectivity index (χ1n) is 9.85. The van der Waals surface area contributed by atoms with Crippen LogP contribution in [-0.2, 0) is 4.79 Å². The molecule has 0 amide bonds. The third-order valence-electron chi connectivity index (χ3n) is 6.32. The second-order valence-corrected chi connectivity index (χ2v) is 8.53. The molecule has 0 bridgehead atoms. The minimum atomic E-state index is -0.683. The highest BCUT2D eigenvalue weighted by atomic mass is 16.4. The molecule has 0 aliphatic heterocycles. The van der Waals surface area contributed by atoms with Gasteiger partial charge in [-0.2, -0.15) is 0 Å². The molecule has 0 spiro atoms. The minimum Gasteiger partial charge on any atom is -0.480 e. The molecule has 1 aromatic carbocycles. The monoisotopic (exact) mass is 342 g/mol. The lowest BCUT2D eigenvalue weighted by Gasteiger charge is -2.47. The maximum absolute atomic E-state index is 11.1. The summed E-state index contributed by atoms with van der Waals surface area (Å²) in [4.78, 5) is 13.3. The van der Waals surface area contributed by atoms with Gasteiger partial charge in [-0.1, -0.05) is 29.8 Å². The van der Waals surface area contributed by atoms with Gasteiger partial charge in [0.1, 0.15) is 0 Å². The molecular weight excluding hydrogens is 312 g/mol. The highest BCUT2D eigenvalue weighted by molar-refractivity contribution is 5.69. The highest BCUT2D eigenvalue weighted by Crippen LogP contribution is 2.39. The Balaban J connectivity index is 1.18. The van der Waals surface area contributed by atoms with Crippen molar-refractivity contribution in [2.75, 3.05) is 13.1 Å². The van der Waals surface area contributed by atoms with Gasteiger partial charge in [0, 0.05) is 24.7 Å². The summed E-state index contributed by atoms with van der Waals surface area (Å²) in [5, 5.41) is 12.9. The number of nitrogens with zero attached hydrogens (tertiary/aromatic N) is 1. The fraction of sp³-hybridized carbons (Fsp3) is 0.667. The first-order chi connectivity index (χ1) is 12.1. The van der Waals surface area contributed by atoms with E-state index >= 15 is 0 Å². The Kier molecular flexibility index (Phi) is 4.83. The average molecular weight is 342 g/mol. The van der Waals surface area contributed by atoms with Crippen LogP contribution in [0.25, 0.3) is 0 Å². The summed E-state index contributed by atoms with van der Waals surface area (Å²) < 4.78 is 0. The summed E-state index contributed by atoms with van der Waals surface area (Å²) in [7, 11) is 0. The second-order valence-electron chi connectivity index (χ2n) is 8.53. The highest BCUT2D eigenvalue weighted by Gasteiger charge is 2.39. The number of carbonyl (C=O) groups is 1. The molecule has 0 aromatic heterocycles. The molecule has 0 saturated heterocycles. The molecule has 1 aromatic rings. The van der Waals surface area contributed by atoms with Gasteiger partial charge in [-0.05, 0) is 62.8 Å². The Morgan fingerprint density at radius 1 is 1.12 bits per heavy atom. The molecule has 3 fully saturated rings. The quantitative estimate of drug-likeness (QED) is 0.762. The topological polar surface area (TPSA) is 52.6 Å². The lowest BCUT2D eigenvalue weighted by atomic mass is 9.74. The van der Waals surface area contributed by atoms with E-state index in [0.29, 0.717) is 24.0 Å². The van der Waals surface area contributed by atoms with Crippen molar-refractivity contribution in [1.29, 1.82) is 0 Å². The summed E-state index contributed by atoms with van der Waals surface area (Å²) >= 11 is 0. The number of nitrogens with one attached hydrogen (secondary N) is 1. The van der Waals surface area contributed by atoms with Crippen LogP contribution < -0.4 is 5.32 Å². The van der Waals surface area contributed by atoms with Crippen LogP contribution in [0.3, 0.4) is 0 Å². The fourth-order valence-corrected chi connectivity index (χ4v) is 4.37. The Bertz CT molecular complexity index is 599. The van der Waals surface area contributed by atoms with E-state index < -0.39 is 5.97 Å². The van der Waals surface area contributed by atoms with Crippen molar-refractivity contribution in [3.8, 4) is 0 Å². The Morgan fingerprint density at radius 3 is 2.36 bits per heavy atom. The number of aliphatic carboxylic acids is 1. The molecule has 0 heterocycles. The molecule has 2 N–H and O–H groups in total. The largest absolute Gasteiger partial charge is 0.480 e. The van der Waals surface area contributed by atoms with E-state index in [2.05, 4.69) is 41.4 Å². The third kappa shape index (κ3) is 4.24. The summed E-state index contributed by atoms with van der Waals surface area (Å²) in [5.41, 5.74) is 2.81. The Hall–Kier alpha value is -1.39. The summed E-state index contributed by atoms with van der Waals surface area (Å²) in [6.07, 6.45) is 7.29. The van der Waals surface area contributed by atoms with Crippen LogP contribution in [0.15, 0.2) is 24.3 Å². The van der Waals surface area contributed by atoms with E-state index in [4.69, 9.17) is 5.11 Å². The molecule has 4 rings (SSSR count). The van der Waals surface area contributed by atoms with Crippen LogP contribution in [0.1, 0.15) is 55.6 Å². The molecule has 0 atom stereocenters. The van der Waals surface area contributed by atoms with E-state index in [9.17, 15) is 4.79 Å². The Labute approximate surface area is 150 Å². The van der Waals surface area contributed by atoms with Crippen molar-refractivity contribution in [2.45, 2.75) is 69.5 Å². The second kappa shape index (κ2) is 7.08. The standard InChI is InChI=1S/C21H30N2O2/c1-14-2-6-16(7-3-14)17-8-18(9-17)22-19-10-20(11-19)23(13-21(24)25)12-15-4-5-15/h2-3,6-7,15,17-20,22H,4-5,8-13H2,1H3,(H,24,25). The van der Waals surface area contributed by atoms with Gasteiger partial charge in [0.15, 0.2) is 0 Å². The SMILES string of the molecule is Cc1ccc(C2CC(NC3CC(N(CC(=O)O)CC4CC4)C3)C2)cc1. The van der Waals surface area contributed by atoms with Gasteiger partial charge >= 0.3 is 5.97 Å². The van der Waals surface area contributed by atoms with Crippen molar-refractivity contribution >= 4 is 5.97 Å². The van der Waals surface area contributed by atoms with E-state index in [0.717, 1.165) is 25.3 Å². The number of benzene rings is 1. The van der Waals surface area contributed by atoms with Crippen LogP contribution in [0.2, 0.25) is 0 Å². The molecule has 136 valence electrons. The smallest absolute Gasteiger partial charge is 0.317 e. The molecule has 3 aliphatic rings. The maximum Gasteiger partial charge on any atom is 0.317 e. The predicted molar refractivity (Wildman–Crippen MR) is 98.8 cm³/mol. The van der Waals surface area contributed by atoms with Crippen LogP contribution in [0.5, 0.6) is 0 Å². The van der Waals surface area contributed by atoms with Gasteiger partial charge in [0.2, 0.25) is 0 Å². The number of carboxylic acid groups (broad SMARTS) is 1. The number of carboxylic acids is 1. The molecule has 0 unspecified atom stereocenters. The zero-order chi connectivity index (χ0) is 17.4. The maximum atomic E-state index is 11.1. The molecule has 25 heavy (non-hydrogen) atoms. The fourth-order valence-electron chi connectivity index (χ4n) is 4.37. The summed E-state index contributed by atoms with van der Waals surface area (Å²) in [6, 6.07) is 10.7. The molecule has 4 heteroatoms. The first kappa shape index (κ1) is 17.0. The van der Waals surface area contributed by atoms with E-state index in [-0.39, 0.29) is 6.54 Å². The van der Waals surface area contributed by atoms with Gasteiger partial charge in [0.25, 0.3) is 0 Å². The summed E-state index contributed by atoms with van der Waals surface area (Å²) in [6.45, 7) is 3.34. The lowest BCUT2D eigenvalue weighted by Crippen LogP contribution is -2.57. The van der Waals surface area contributed by atoms with Crippen molar-refractivity contribution in [1.82, 2.24) is 10.2 Å². The van der Waals surface area contributed by atoms with Crippen molar-refractivity contribution in [2.24, 2.45) is 5.92 Å². The van der Waals surface area contributed by atoms with Crippen LogP contribution in [-0.4, -0.2) is 47.2 Å². The number of hydrogen-bond donors (Lipinski definition) is 2. The van der Waals surface area contributed by atoms with Crippen LogP contribution >= 0.6 is 0 Å². The van der Waals surface area contributed by atoms with Crippen LogP contribution in [0.4, 0.5) is 0 Å². The molecule has 3 saturated carbocycles. The molecule has 0 radical (unpaired) electrons. The van der Waals surface area contributed by atoms with Gasteiger partial charge in [-0.25, -0.2) is 0 Å². The third-order valence-corrected chi connectivity index (χ3v) is 6.32. The molecule has 3 aliphatic carbocycles. The van der Waals surface area contributed by atoms with Crippen LogP contribution in [0, 0.1) is 12.8 Å². The van der Waals surface area contributed by atoms with Crippen molar-refractivity contribution < 1.29 is 9.90 Å². The van der Waals surface area contributed by atoms with E-state index in [1.165, 1.54) is 36.8 Å². The predicted octanol–water partition coefficient (Wildman–Crippen LogP) is 3.16.